The predicted octanol–water partition coefficient (Wildman–Crippen LogP) is 11.0. The van der Waals surface area contributed by atoms with E-state index in [1.54, 1.807) is 12.2 Å². The summed E-state index contributed by atoms with van der Waals surface area (Å²) in [6, 6.07) is -1.17. The minimum atomic E-state index is -0.825. The molecule has 0 saturated heterocycles. The fraction of sp³-hybridized carbons (Fsp3) is 0.867. The number of amides is 1. The number of carbonyl (C=O) groups excluding carboxylic acids is 2. The van der Waals surface area contributed by atoms with Crippen molar-refractivity contribution in [3.8, 4) is 0 Å². The molecule has 0 bridgehead atoms. The van der Waals surface area contributed by atoms with Crippen LogP contribution in [0.5, 0.6) is 0 Å². The van der Waals surface area contributed by atoms with Gasteiger partial charge in [0.1, 0.15) is 0 Å². The number of aliphatic hydroxyl groups excluding tert-OH is 4. The molecular weight excluding hydrogens is 700 g/mol. The highest BCUT2D eigenvalue weighted by Crippen LogP contribution is 2.13. The summed E-state index contributed by atoms with van der Waals surface area (Å²) in [7, 11) is 0. The lowest BCUT2D eigenvalue weighted by molar-refractivity contribution is -0.122. The van der Waals surface area contributed by atoms with Crippen molar-refractivity contribution in [2.24, 2.45) is 5.73 Å². The number of carbonyl (C=O) groups is 2. The number of hydrogen-bond donors (Lipinski definition) is 6. The Morgan fingerprint density at radius 1 is 0.556 bits per heavy atom. The lowest BCUT2D eigenvalue weighted by Crippen LogP contribution is -2.45. The number of hydrogen-bond acceptors (Lipinski definition) is 7. The molecule has 0 radical (unpaired) electrons. The third-order valence-electron chi connectivity index (χ3n) is 9.14. The molecule has 0 rings (SSSR count). The van der Waals surface area contributed by atoms with Crippen molar-refractivity contribution in [3.63, 3.8) is 0 Å². The Bertz CT molecular complexity index is 813. The monoisotopic (exact) mass is 791 g/mol. The highest BCUT2D eigenvalue weighted by atomic mass is 35.5. The van der Waals surface area contributed by atoms with E-state index in [0.29, 0.717) is 12.8 Å². The maximum absolute atomic E-state index is 11.5. The molecule has 0 fully saturated rings. The van der Waals surface area contributed by atoms with E-state index >= 15 is 0 Å². The molecule has 4 atom stereocenters. The van der Waals surface area contributed by atoms with Gasteiger partial charge in [0.25, 0.3) is 0 Å². The quantitative estimate of drug-likeness (QED) is 0.0212. The molecule has 324 valence electrons. The lowest BCUT2D eigenvalue weighted by Gasteiger charge is -2.19. The number of nitrogens with two attached hydrogens (primary N) is 1. The summed E-state index contributed by atoms with van der Waals surface area (Å²) >= 11 is 4.94. The van der Waals surface area contributed by atoms with Gasteiger partial charge in [-0.3, -0.25) is 9.59 Å². The first kappa shape index (κ1) is 59.4. The molecule has 0 unspecified atom stereocenters. The van der Waals surface area contributed by atoms with Gasteiger partial charge in [0.2, 0.25) is 11.1 Å². The normalized spacial score (nSPS) is 13.3. The number of halogens is 1. The number of nitrogens with one attached hydrogen (secondary N) is 1. The number of unbranched alkanes of at least 4 members (excludes halogenated alkanes) is 22. The molecular formula is C45H91ClN2O6. The summed E-state index contributed by atoms with van der Waals surface area (Å²) in [5.74, 6) is -0.121. The van der Waals surface area contributed by atoms with Crippen molar-refractivity contribution in [1.82, 2.24) is 5.32 Å². The van der Waals surface area contributed by atoms with Crippen LogP contribution in [0.25, 0.3) is 0 Å². The van der Waals surface area contributed by atoms with E-state index < -0.39 is 24.3 Å². The second-order valence-electron chi connectivity index (χ2n) is 14.5. The Labute approximate surface area is 339 Å². The van der Waals surface area contributed by atoms with E-state index in [0.717, 1.165) is 32.1 Å². The molecule has 0 spiro atoms. The third kappa shape index (κ3) is 48.7. The molecule has 0 aromatic heterocycles. The van der Waals surface area contributed by atoms with Gasteiger partial charge in [-0.2, -0.15) is 0 Å². The van der Waals surface area contributed by atoms with Crippen molar-refractivity contribution in [3.05, 3.63) is 24.3 Å². The van der Waals surface area contributed by atoms with Crippen molar-refractivity contribution in [1.29, 1.82) is 0 Å². The van der Waals surface area contributed by atoms with Gasteiger partial charge in [0, 0.05) is 12.8 Å². The third-order valence-corrected chi connectivity index (χ3v) is 9.33. The van der Waals surface area contributed by atoms with Crippen LogP contribution < -0.4 is 11.1 Å². The Morgan fingerprint density at radius 2 is 0.907 bits per heavy atom. The van der Waals surface area contributed by atoms with Gasteiger partial charge in [-0.25, -0.2) is 0 Å². The molecule has 54 heavy (non-hydrogen) atoms. The fourth-order valence-electron chi connectivity index (χ4n) is 5.65. The predicted molar refractivity (Wildman–Crippen MR) is 234 cm³/mol. The minimum absolute atomic E-state index is 0. The molecule has 1 amide bonds. The second-order valence-corrected chi connectivity index (χ2v) is 15.0. The van der Waals surface area contributed by atoms with Crippen molar-refractivity contribution in [2.75, 3.05) is 13.2 Å². The van der Waals surface area contributed by atoms with Gasteiger partial charge in [-0.1, -0.05) is 188 Å². The summed E-state index contributed by atoms with van der Waals surface area (Å²) in [4.78, 5) is 21.4. The Balaban J connectivity index is -0.000000401. The van der Waals surface area contributed by atoms with Gasteiger partial charge in [-0.05, 0) is 50.1 Å². The smallest absolute Gasteiger partial charge is 0.221 e. The fourth-order valence-corrected chi connectivity index (χ4v) is 5.84. The van der Waals surface area contributed by atoms with Crippen LogP contribution >= 0.6 is 11.6 Å². The molecule has 0 aliphatic carbocycles. The average Bonchev–Trinajstić information content (AvgIpc) is 3.14. The first-order chi connectivity index (χ1) is 25.6. The highest BCUT2D eigenvalue weighted by Gasteiger charge is 2.17. The van der Waals surface area contributed by atoms with E-state index in [1.165, 1.54) is 135 Å². The number of allylic oxidation sites excluding steroid dienone is 2. The van der Waals surface area contributed by atoms with Crippen LogP contribution in [-0.2, 0) is 9.59 Å². The molecule has 0 aromatic rings. The van der Waals surface area contributed by atoms with Gasteiger partial charge in [0.15, 0.2) is 0 Å². The maximum atomic E-state index is 11.5. The second kappa shape index (κ2) is 49.7. The van der Waals surface area contributed by atoms with Crippen LogP contribution in [0.4, 0.5) is 0 Å². The van der Waals surface area contributed by atoms with E-state index in [9.17, 15) is 24.9 Å². The first-order valence-corrected chi connectivity index (χ1v) is 22.2. The summed E-state index contributed by atoms with van der Waals surface area (Å²) in [6.45, 7) is 7.93. The Kier molecular flexibility index (Phi) is 54.7. The van der Waals surface area contributed by atoms with Gasteiger partial charge in [0.05, 0.1) is 37.5 Å². The summed E-state index contributed by atoms with van der Waals surface area (Å²) in [6.07, 6.45) is 39.7. The van der Waals surface area contributed by atoms with Crippen molar-refractivity contribution >= 4 is 22.8 Å². The SMILES string of the molecule is C.CCCC(=O)Cl.CCCCCCCCCCCCC/C=C/[C@@H](O)[C@@H](N)CO.CCCCCCCCCCCCC/C=C/[C@@H](O)[C@H](CO)NC(=O)CCC. The van der Waals surface area contributed by atoms with Gasteiger partial charge < -0.3 is 31.5 Å². The topological polar surface area (TPSA) is 153 Å². The zero-order valence-electron chi connectivity index (χ0n) is 34.9. The molecule has 9 heteroatoms. The largest absolute Gasteiger partial charge is 0.395 e. The summed E-state index contributed by atoms with van der Waals surface area (Å²) < 4.78 is 0. The zero-order valence-corrected chi connectivity index (χ0v) is 35.6. The summed E-state index contributed by atoms with van der Waals surface area (Å²) in [5, 5.41) is 40.1. The maximum Gasteiger partial charge on any atom is 0.221 e. The van der Waals surface area contributed by atoms with Crippen LogP contribution in [0.2, 0.25) is 0 Å². The first-order valence-electron chi connectivity index (χ1n) is 21.8. The zero-order chi connectivity index (χ0) is 40.2. The van der Waals surface area contributed by atoms with Gasteiger partial charge in [-0.15, -0.1) is 0 Å². The van der Waals surface area contributed by atoms with Crippen LogP contribution in [0.15, 0.2) is 24.3 Å². The molecule has 0 aliphatic heterocycles. The van der Waals surface area contributed by atoms with Crippen molar-refractivity contribution in [2.45, 2.75) is 239 Å². The average molecular weight is 792 g/mol. The van der Waals surface area contributed by atoms with E-state index in [-0.39, 0.29) is 31.8 Å². The standard InChI is InChI=1S/C22H43NO3.C18H37NO2.C4H7ClO.CH4/c1-3-5-6-7-8-9-10-11-12-13-14-15-16-18-21(25)20(19-24)23-22(26)17-4-2;1-2-3-4-5-6-7-8-9-10-11-12-13-14-15-18(21)17(19)16-20;1-2-3-4(5)6;/h16,18,20-21,24-25H,3-15,17,19H2,1-2H3,(H,23,26);14-15,17-18,20-21H,2-13,16,19H2,1H3;2-3H2,1H3;1H4/b18-16+;15-14+;;/t20-,21+;17-,18+;;/m00../s1. The van der Waals surface area contributed by atoms with E-state index in [1.807, 2.05) is 26.0 Å². The lowest BCUT2D eigenvalue weighted by atomic mass is 10.0. The van der Waals surface area contributed by atoms with E-state index in [2.05, 4.69) is 19.2 Å². The molecule has 0 saturated carbocycles. The minimum Gasteiger partial charge on any atom is -0.395 e. The van der Waals surface area contributed by atoms with E-state index in [4.69, 9.17) is 22.4 Å². The Morgan fingerprint density at radius 3 is 1.20 bits per heavy atom. The van der Waals surface area contributed by atoms with Crippen molar-refractivity contribution < 1.29 is 30.0 Å². The van der Waals surface area contributed by atoms with Crippen LogP contribution in [-0.4, -0.2) is 69.1 Å². The number of rotatable bonds is 35. The van der Waals surface area contributed by atoms with Gasteiger partial charge >= 0.3 is 0 Å². The molecule has 0 aliphatic rings. The molecule has 0 aromatic carbocycles. The summed E-state index contributed by atoms with van der Waals surface area (Å²) in [5.41, 5.74) is 5.51. The van der Waals surface area contributed by atoms with Crippen LogP contribution in [0.3, 0.4) is 0 Å². The Hall–Kier alpha value is -1.29. The van der Waals surface area contributed by atoms with Crippen LogP contribution in [0.1, 0.15) is 215 Å². The molecule has 8 nitrogen and oxygen atoms in total. The number of aliphatic hydroxyl groups is 4. The molecule has 7 N–H and O–H groups in total. The van der Waals surface area contributed by atoms with Crippen LogP contribution in [0, 0.1) is 0 Å². The molecule has 0 heterocycles. The highest BCUT2D eigenvalue weighted by molar-refractivity contribution is 6.63.